The summed E-state index contributed by atoms with van der Waals surface area (Å²) < 4.78 is 0. The van der Waals surface area contributed by atoms with E-state index >= 15 is 0 Å². The zero-order valence-electron chi connectivity index (χ0n) is 18.5. The van der Waals surface area contributed by atoms with Crippen LogP contribution in [0.15, 0.2) is 35.3 Å². The molecule has 1 unspecified atom stereocenters. The first kappa shape index (κ1) is 26.3. The van der Waals surface area contributed by atoms with E-state index in [1.54, 1.807) is 0 Å². The minimum absolute atomic E-state index is 0. The summed E-state index contributed by atoms with van der Waals surface area (Å²) in [5.41, 5.74) is 1.12. The van der Waals surface area contributed by atoms with E-state index < -0.39 is 6.10 Å². The maximum absolute atomic E-state index is 12.7. The monoisotopic (exact) mass is 560 g/mol. The highest BCUT2D eigenvalue weighted by Crippen LogP contribution is 2.27. The van der Waals surface area contributed by atoms with Gasteiger partial charge >= 0.3 is 0 Å². The Labute approximate surface area is 208 Å². The standard InChI is InChI=1S/C23H36N4O2S.HI/c1-2-24-23(25-17-21(28)16-18-6-4-3-5-7-18)26-20-10-8-19(9-11-20)22(29)27-12-14-30-15-13-27;/h3-7,19-21,28H,2,8-17H2,1H3,(H2,24,25,26);1H. The second-order valence-electron chi connectivity index (χ2n) is 8.19. The summed E-state index contributed by atoms with van der Waals surface area (Å²) in [4.78, 5) is 19.4. The Morgan fingerprint density at radius 3 is 2.52 bits per heavy atom. The molecule has 8 heteroatoms. The summed E-state index contributed by atoms with van der Waals surface area (Å²) in [6, 6.07) is 10.3. The van der Waals surface area contributed by atoms with Crippen LogP contribution in [0, 0.1) is 5.92 Å². The van der Waals surface area contributed by atoms with Gasteiger partial charge in [0.05, 0.1) is 12.6 Å². The molecule has 0 radical (unpaired) electrons. The zero-order valence-corrected chi connectivity index (χ0v) is 21.6. The molecule has 1 amide bonds. The van der Waals surface area contributed by atoms with E-state index in [4.69, 9.17) is 0 Å². The predicted molar refractivity (Wildman–Crippen MR) is 140 cm³/mol. The van der Waals surface area contributed by atoms with Crippen LogP contribution in [0.5, 0.6) is 0 Å². The number of nitrogens with zero attached hydrogens (tertiary/aromatic N) is 2. The first-order chi connectivity index (χ1) is 14.7. The van der Waals surface area contributed by atoms with Crippen molar-refractivity contribution in [2.75, 3.05) is 37.7 Å². The topological polar surface area (TPSA) is 77.0 Å². The predicted octanol–water partition coefficient (Wildman–Crippen LogP) is 2.90. The van der Waals surface area contributed by atoms with E-state index in [0.717, 1.165) is 68.3 Å². The summed E-state index contributed by atoms with van der Waals surface area (Å²) in [6.07, 6.45) is 3.95. The molecular weight excluding hydrogens is 523 g/mol. The number of benzene rings is 1. The Morgan fingerprint density at radius 1 is 1.19 bits per heavy atom. The Morgan fingerprint density at radius 2 is 1.87 bits per heavy atom. The highest BCUT2D eigenvalue weighted by Gasteiger charge is 2.30. The number of aliphatic hydroxyl groups is 1. The molecule has 31 heavy (non-hydrogen) atoms. The van der Waals surface area contributed by atoms with Crippen molar-refractivity contribution in [1.29, 1.82) is 0 Å². The van der Waals surface area contributed by atoms with E-state index in [-0.39, 0.29) is 29.9 Å². The minimum atomic E-state index is -0.501. The lowest BCUT2D eigenvalue weighted by Crippen LogP contribution is -2.47. The Kier molecular flexibility index (Phi) is 12.0. The van der Waals surface area contributed by atoms with Crippen LogP contribution in [-0.4, -0.2) is 71.7 Å². The van der Waals surface area contributed by atoms with Crippen LogP contribution in [0.3, 0.4) is 0 Å². The summed E-state index contributed by atoms with van der Waals surface area (Å²) in [5.74, 6) is 3.44. The van der Waals surface area contributed by atoms with Gasteiger partial charge in [0.15, 0.2) is 5.96 Å². The Hall–Kier alpha value is -1.00. The highest BCUT2D eigenvalue weighted by atomic mass is 127. The molecule has 0 aromatic heterocycles. The molecule has 6 nitrogen and oxygen atoms in total. The third-order valence-electron chi connectivity index (χ3n) is 5.86. The molecule has 1 atom stereocenters. The maximum atomic E-state index is 12.7. The van der Waals surface area contributed by atoms with Crippen molar-refractivity contribution >= 4 is 47.6 Å². The van der Waals surface area contributed by atoms with Crippen LogP contribution in [0.2, 0.25) is 0 Å². The number of thioether (sulfide) groups is 1. The van der Waals surface area contributed by atoms with Gasteiger partial charge in [-0.15, -0.1) is 24.0 Å². The highest BCUT2D eigenvalue weighted by molar-refractivity contribution is 14.0. The van der Waals surface area contributed by atoms with Crippen molar-refractivity contribution in [1.82, 2.24) is 15.5 Å². The number of aliphatic imine (C=N–C) groups is 1. The number of halogens is 1. The molecule has 1 heterocycles. The van der Waals surface area contributed by atoms with Gasteiger partial charge in [0.1, 0.15) is 0 Å². The Bertz CT molecular complexity index is 677. The van der Waals surface area contributed by atoms with Gasteiger partial charge < -0.3 is 20.6 Å². The molecule has 0 spiro atoms. The van der Waals surface area contributed by atoms with Gasteiger partial charge in [-0.25, -0.2) is 0 Å². The fraction of sp³-hybridized carbons (Fsp3) is 0.652. The van der Waals surface area contributed by atoms with Gasteiger partial charge in [-0.05, 0) is 38.2 Å². The SMILES string of the molecule is CCNC(=NCC(O)Cc1ccccc1)NC1CCC(C(=O)N2CCSCC2)CC1.I. The fourth-order valence-corrected chi connectivity index (χ4v) is 5.09. The molecule has 1 aromatic rings. The van der Waals surface area contributed by atoms with Gasteiger partial charge in [-0.2, -0.15) is 11.8 Å². The van der Waals surface area contributed by atoms with Crippen LogP contribution in [0.4, 0.5) is 0 Å². The molecule has 3 rings (SSSR count). The molecule has 1 aliphatic heterocycles. The number of guanidine groups is 1. The third-order valence-corrected chi connectivity index (χ3v) is 6.80. The third kappa shape index (κ3) is 8.81. The number of rotatable bonds is 7. The lowest BCUT2D eigenvalue weighted by molar-refractivity contribution is -0.136. The molecule has 1 aromatic carbocycles. The first-order valence-electron chi connectivity index (χ1n) is 11.3. The second kappa shape index (κ2) is 14.2. The Balaban J connectivity index is 0.00000341. The van der Waals surface area contributed by atoms with Crippen molar-refractivity contribution in [3.05, 3.63) is 35.9 Å². The number of amides is 1. The van der Waals surface area contributed by atoms with Gasteiger partial charge in [-0.1, -0.05) is 30.3 Å². The molecule has 2 fully saturated rings. The smallest absolute Gasteiger partial charge is 0.225 e. The van der Waals surface area contributed by atoms with Gasteiger partial charge in [-0.3, -0.25) is 9.79 Å². The summed E-state index contributed by atoms with van der Waals surface area (Å²) in [7, 11) is 0. The number of hydrogen-bond donors (Lipinski definition) is 3. The van der Waals surface area contributed by atoms with Crippen LogP contribution in [0.25, 0.3) is 0 Å². The number of hydrogen-bond acceptors (Lipinski definition) is 4. The molecule has 174 valence electrons. The van der Waals surface area contributed by atoms with Crippen LogP contribution in [0.1, 0.15) is 38.2 Å². The minimum Gasteiger partial charge on any atom is -0.391 e. The normalized spacial score (nSPS) is 22.9. The van der Waals surface area contributed by atoms with E-state index in [1.807, 2.05) is 49.0 Å². The molecule has 1 aliphatic carbocycles. The molecular formula is C23H37IN4O2S. The van der Waals surface area contributed by atoms with Crippen molar-refractivity contribution in [2.24, 2.45) is 10.9 Å². The quantitative estimate of drug-likeness (QED) is 0.272. The van der Waals surface area contributed by atoms with Crippen molar-refractivity contribution in [3.63, 3.8) is 0 Å². The van der Waals surface area contributed by atoms with E-state index in [1.165, 1.54) is 0 Å². The first-order valence-corrected chi connectivity index (χ1v) is 12.4. The number of carbonyl (C=O) groups is 1. The summed E-state index contributed by atoms with van der Waals surface area (Å²) in [6.45, 7) is 5.00. The fourth-order valence-electron chi connectivity index (χ4n) is 4.19. The molecule has 2 aliphatic rings. The van der Waals surface area contributed by atoms with Crippen LogP contribution < -0.4 is 10.6 Å². The molecule has 3 N–H and O–H groups in total. The van der Waals surface area contributed by atoms with E-state index in [0.29, 0.717) is 24.9 Å². The lowest BCUT2D eigenvalue weighted by Gasteiger charge is -2.34. The van der Waals surface area contributed by atoms with Crippen molar-refractivity contribution in [3.8, 4) is 0 Å². The second-order valence-corrected chi connectivity index (χ2v) is 9.42. The van der Waals surface area contributed by atoms with Gasteiger partial charge in [0.25, 0.3) is 0 Å². The number of carbonyl (C=O) groups excluding carboxylic acids is 1. The van der Waals surface area contributed by atoms with Crippen LogP contribution in [-0.2, 0) is 11.2 Å². The largest absolute Gasteiger partial charge is 0.391 e. The molecule has 1 saturated heterocycles. The van der Waals surface area contributed by atoms with E-state index in [9.17, 15) is 9.90 Å². The zero-order chi connectivity index (χ0) is 21.2. The summed E-state index contributed by atoms with van der Waals surface area (Å²) in [5, 5.41) is 17.1. The lowest BCUT2D eigenvalue weighted by atomic mass is 9.85. The van der Waals surface area contributed by atoms with Gasteiger partial charge in [0.2, 0.25) is 5.91 Å². The van der Waals surface area contributed by atoms with Crippen molar-refractivity contribution in [2.45, 2.75) is 51.2 Å². The van der Waals surface area contributed by atoms with Crippen LogP contribution >= 0.6 is 35.7 Å². The summed E-state index contributed by atoms with van der Waals surface area (Å²) >= 11 is 1.94. The number of nitrogens with one attached hydrogen (secondary N) is 2. The van der Waals surface area contributed by atoms with E-state index in [2.05, 4.69) is 20.5 Å². The average molecular weight is 561 g/mol. The molecule has 1 saturated carbocycles. The molecule has 0 bridgehead atoms. The van der Waals surface area contributed by atoms with Crippen molar-refractivity contribution < 1.29 is 9.90 Å². The average Bonchev–Trinajstić information content (AvgIpc) is 2.79. The maximum Gasteiger partial charge on any atom is 0.225 e. The number of aliphatic hydroxyl groups excluding tert-OH is 1. The van der Waals surface area contributed by atoms with Gasteiger partial charge in [0, 0.05) is 49.5 Å².